The summed E-state index contributed by atoms with van der Waals surface area (Å²) in [6.07, 6.45) is 9.81. The zero-order valence-electron chi connectivity index (χ0n) is 24.3. The zero-order valence-corrected chi connectivity index (χ0v) is 25.0. The molecule has 0 radical (unpaired) electrons. The number of hydrogen-bond donors (Lipinski definition) is 1. The molecular formula is C33H37ClN6O2. The Morgan fingerprint density at radius 1 is 0.976 bits per heavy atom. The Kier molecular flexibility index (Phi) is 8.36. The summed E-state index contributed by atoms with van der Waals surface area (Å²) in [5, 5.41) is 3.97. The number of aryl methyl sites for hydroxylation is 1. The maximum atomic E-state index is 13.5. The van der Waals surface area contributed by atoms with E-state index in [4.69, 9.17) is 16.6 Å². The van der Waals surface area contributed by atoms with E-state index in [0.29, 0.717) is 34.8 Å². The van der Waals surface area contributed by atoms with Gasteiger partial charge in [0.15, 0.2) is 5.78 Å². The molecule has 1 saturated heterocycles. The first-order chi connectivity index (χ1) is 20.4. The van der Waals surface area contributed by atoms with Crippen molar-refractivity contribution in [1.82, 2.24) is 24.4 Å². The second-order valence-corrected chi connectivity index (χ2v) is 12.0. The van der Waals surface area contributed by atoms with Gasteiger partial charge < -0.3 is 5.32 Å². The first-order valence-corrected chi connectivity index (χ1v) is 15.5. The fourth-order valence-corrected chi connectivity index (χ4v) is 6.74. The minimum Gasteiger partial charge on any atom is -0.309 e. The van der Waals surface area contributed by atoms with Crippen LogP contribution >= 0.6 is 11.6 Å². The third-order valence-corrected chi connectivity index (χ3v) is 9.23. The monoisotopic (exact) mass is 584 g/mol. The Morgan fingerprint density at radius 2 is 1.69 bits per heavy atom. The van der Waals surface area contributed by atoms with Crippen molar-refractivity contribution in [2.45, 2.75) is 76.8 Å². The Bertz CT molecular complexity index is 1640. The van der Waals surface area contributed by atoms with Crippen LogP contribution in [-0.2, 0) is 12.4 Å². The number of nitrogens with one attached hydrogen (secondary N) is 1. The Balaban J connectivity index is 1.15. The molecule has 9 heteroatoms. The van der Waals surface area contributed by atoms with Crippen LogP contribution in [0, 0.1) is 6.92 Å². The number of carbonyl (C=O) groups is 1. The lowest BCUT2D eigenvalue weighted by atomic mass is 9.90. The number of fused-ring (bicyclic) bond motifs is 1. The number of pyridine rings is 2. The quantitative estimate of drug-likeness (QED) is 0.182. The summed E-state index contributed by atoms with van der Waals surface area (Å²) >= 11 is 5.92. The van der Waals surface area contributed by atoms with Gasteiger partial charge in [-0.05, 0) is 86.9 Å². The molecule has 0 unspecified atom stereocenters. The molecular weight excluding hydrogens is 548 g/mol. The summed E-state index contributed by atoms with van der Waals surface area (Å²) in [4.78, 5) is 42.3. The van der Waals surface area contributed by atoms with Crippen LogP contribution < -0.4 is 10.9 Å². The second-order valence-electron chi connectivity index (χ2n) is 11.7. The minimum atomic E-state index is -0.248. The van der Waals surface area contributed by atoms with Gasteiger partial charge in [-0.1, -0.05) is 43.2 Å². The van der Waals surface area contributed by atoms with Gasteiger partial charge in [0.1, 0.15) is 11.5 Å². The average Bonchev–Trinajstić information content (AvgIpc) is 3.53. The van der Waals surface area contributed by atoms with Gasteiger partial charge in [-0.2, -0.15) is 4.98 Å². The van der Waals surface area contributed by atoms with E-state index < -0.39 is 0 Å². The largest absolute Gasteiger partial charge is 0.309 e. The average molecular weight is 585 g/mol. The minimum absolute atomic E-state index is 0.0433. The number of likely N-dealkylation sites (tertiary alicyclic amines) is 1. The highest BCUT2D eigenvalue weighted by atomic mass is 35.5. The number of piperidine rings is 1. The van der Waals surface area contributed by atoms with Gasteiger partial charge in [-0.25, -0.2) is 9.97 Å². The molecule has 0 bridgehead atoms. The van der Waals surface area contributed by atoms with Crippen LogP contribution in [0.2, 0.25) is 0 Å². The molecule has 1 N–H and O–H groups in total. The molecule has 0 spiro atoms. The van der Waals surface area contributed by atoms with Crippen LogP contribution in [0.1, 0.15) is 90.0 Å². The topological polar surface area (TPSA) is 93.0 Å². The molecule has 1 aliphatic heterocycles. The molecule has 6 rings (SSSR count). The van der Waals surface area contributed by atoms with Gasteiger partial charge in [0.2, 0.25) is 5.95 Å². The van der Waals surface area contributed by atoms with Crippen molar-refractivity contribution >= 4 is 40.2 Å². The van der Waals surface area contributed by atoms with E-state index in [-0.39, 0.29) is 22.9 Å². The number of alkyl halides is 1. The number of anilines is 2. The molecule has 8 nitrogen and oxygen atoms in total. The van der Waals surface area contributed by atoms with E-state index in [9.17, 15) is 9.59 Å². The molecule has 0 amide bonds. The lowest BCUT2D eigenvalue weighted by Gasteiger charge is -2.32. The molecule has 2 fully saturated rings. The summed E-state index contributed by atoms with van der Waals surface area (Å²) in [5.41, 5.74) is 4.92. The lowest BCUT2D eigenvalue weighted by molar-refractivity contribution is 0.101. The Labute approximate surface area is 251 Å². The first kappa shape index (κ1) is 28.5. The van der Waals surface area contributed by atoms with Crippen molar-refractivity contribution < 1.29 is 4.79 Å². The van der Waals surface area contributed by atoms with Crippen LogP contribution in [0.25, 0.3) is 11.0 Å². The number of rotatable bonds is 8. The van der Waals surface area contributed by atoms with Crippen molar-refractivity contribution in [3.63, 3.8) is 0 Å². The number of ketones is 1. The predicted molar refractivity (Wildman–Crippen MR) is 167 cm³/mol. The number of Topliss-reactive ketones (excluding diaryl/α,β-unsaturated/α-hetero) is 1. The standard InChI is InChI=1S/C33H37ClN6O2/c1-21-28-19-36-33(38-31(28)40(27-5-3-4-6-27)32(42)30(21)22(2)41)37-29-12-11-26(18-35-29)25-13-15-39(16-14-25)20-24-9-7-23(17-34)8-10-24/h7-12,18-19,25,27H,3-6,13-17,20H2,1-2H3,(H,35,36,37,38). The number of hydrogen-bond acceptors (Lipinski definition) is 7. The van der Waals surface area contributed by atoms with Gasteiger partial charge in [0, 0.05) is 36.2 Å². The molecule has 3 aromatic heterocycles. The molecule has 4 aromatic rings. The summed E-state index contributed by atoms with van der Waals surface area (Å²) in [5.74, 6) is 1.85. The van der Waals surface area contributed by atoms with Crippen molar-refractivity contribution in [2.75, 3.05) is 18.4 Å². The molecule has 4 heterocycles. The van der Waals surface area contributed by atoms with Gasteiger partial charge in [-0.3, -0.25) is 19.1 Å². The van der Waals surface area contributed by atoms with E-state index in [0.717, 1.165) is 69.1 Å². The summed E-state index contributed by atoms with van der Waals surface area (Å²) in [6, 6.07) is 12.7. The molecule has 42 heavy (non-hydrogen) atoms. The Morgan fingerprint density at radius 3 is 2.33 bits per heavy atom. The van der Waals surface area contributed by atoms with Gasteiger partial charge in [0.25, 0.3) is 5.56 Å². The normalized spacial score (nSPS) is 16.7. The SMILES string of the molecule is CC(=O)c1c(C)c2cnc(Nc3ccc(C4CCN(Cc5ccc(CCl)cc5)CC4)cn3)nc2n(C2CCCC2)c1=O. The maximum Gasteiger partial charge on any atom is 0.263 e. The number of benzene rings is 1. The van der Waals surface area contributed by atoms with Crippen molar-refractivity contribution in [3.05, 3.63) is 87.0 Å². The highest BCUT2D eigenvalue weighted by Gasteiger charge is 2.26. The van der Waals surface area contributed by atoms with E-state index in [1.54, 1.807) is 17.7 Å². The van der Waals surface area contributed by atoms with Gasteiger partial charge in [0.05, 0.1) is 5.56 Å². The van der Waals surface area contributed by atoms with Gasteiger partial charge >= 0.3 is 0 Å². The summed E-state index contributed by atoms with van der Waals surface area (Å²) in [6.45, 7) is 6.33. The van der Waals surface area contributed by atoms with Crippen LogP contribution in [0.15, 0.2) is 53.6 Å². The number of halogens is 1. The first-order valence-electron chi connectivity index (χ1n) is 14.9. The smallest absolute Gasteiger partial charge is 0.263 e. The fraction of sp³-hybridized carbons (Fsp3) is 0.424. The van der Waals surface area contributed by atoms with E-state index in [1.165, 1.54) is 18.1 Å². The number of aromatic nitrogens is 4. The van der Waals surface area contributed by atoms with E-state index >= 15 is 0 Å². The summed E-state index contributed by atoms with van der Waals surface area (Å²) in [7, 11) is 0. The van der Waals surface area contributed by atoms with Crippen LogP contribution in [0.4, 0.5) is 11.8 Å². The van der Waals surface area contributed by atoms with Crippen LogP contribution in [0.5, 0.6) is 0 Å². The van der Waals surface area contributed by atoms with E-state index in [2.05, 4.69) is 50.5 Å². The molecule has 1 saturated carbocycles. The Hall–Kier alpha value is -3.62. The van der Waals surface area contributed by atoms with Crippen LogP contribution in [-0.4, -0.2) is 43.3 Å². The zero-order chi connectivity index (χ0) is 29.2. The maximum absolute atomic E-state index is 13.5. The summed E-state index contributed by atoms with van der Waals surface area (Å²) < 4.78 is 1.73. The second kappa shape index (κ2) is 12.3. The van der Waals surface area contributed by atoms with E-state index in [1.807, 2.05) is 12.3 Å². The lowest BCUT2D eigenvalue weighted by Crippen LogP contribution is -2.32. The van der Waals surface area contributed by atoms with Crippen molar-refractivity contribution in [3.8, 4) is 0 Å². The highest BCUT2D eigenvalue weighted by molar-refractivity contribution is 6.17. The number of nitrogens with zero attached hydrogens (tertiary/aromatic N) is 5. The molecule has 0 atom stereocenters. The third-order valence-electron chi connectivity index (χ3n) is 8.92. The molecule has 218 valence electrons. The number of carbonyl (C=O) groups excluding carboxylic acids is 1. The molecule has 1 aliphatic carbocycles. The van der Waals surface area contributed by atoms with Crippen molar-refractivity contribution in [1.29, 1.82) is 0 Å². The molecule has 2 aliphatic rings. The predicted octanol–water partition coefficient (Wildman–Crippen LogP) is 6.67. The van der Waals surface area contributed by atoms with Crippen molar-refractivity contribution in [2.24, 2.45) is 0 Å². The fourth-order valence-electron chi connectivity index (χ4n) is 6.56. The van der Waals surface area contributed by atoms with Gasteiger partial charge in [-0.15, -0.1) is 11.6 Å². The third kappa shape index (κ3) is 5.83. The van der Waals surface area contributed by atoms with Crippen LogP contribution in [0.3, 0.4) is 0 Å². The molecule has 1 aromatic carbocycles. The highest BCUT2D eigenvalue weighted by Crippen LogP contribution is 2.32.